The summed E-state index contributed by atoms with van der Waals surface area (Å²) < 4.78 is 53.8. The number of hydrogen-bond donors (Lipinski definition) is 2. The summed E-state index contributed by atoms with van der Waals surface area (Å²) >= 11 is 11.9. The number of nitrogens with zero attached hydrogens (tertiary/aromatic N) is 1. The highest BCUT2D eigenvalue weighted by Crippen LogP contribution is 2.27. The van der Waals surface area contributed by atoms with E-state index >= 15 is 0 Å². The van der Waals surface area contributed by atoms with Gasteiger partial charge >= 0.3 is 0 Å². The fraction of sp³-hybridized carbons (Fsp3) is 0. The Hall–Kier alpha value is -3.97. The lowest BCUT2D eigenvalue weighted by atomic mass is 10.1. The molecule has 0 bridgehead atoms. The van der Waals surface area contributed by atoms with Crippen molar-refractivity contribution >= 4 is 66.0 Å². The molecular formula is C25H17Cl2N3O7S2. The Morgan fingerprint density at radius 3 is 1.79 bits per heavy atom. The second-order valence-corrected chi connectivity index (χ2v) is 12.5. The summed E-state index contributed by atoms with van der Waals surface area (Å²) in [5.41, 5.74) is -0.149. The van der Waals surface area contributed by atoms with Crippen LogP contribution in [0.1, 0.15) is 10.4 Å². The first-order valence-corrected chi connectivity index (χ1v) is 14.6. The molecule has 2 N–H and O–H groups in total. The Balaban J connectivity index is 1.55. The summed E-state index contributed by atoms with van der Waals surface area (Å²) in [6.45, 7) is 0. The van der Waals surface area contributed by atoms with Gasteiger partial charge in [-0.15, -0.1) is 0 Å². The summed E-state index contributed by atoms with van der Waals surface area (Å²) in [4.78, 5) is 22.9. The van der Waals surface area contributed by atoms with Gasteiger partial charge in [-0.2, -0.15) is 0 Å². The van der Waals surface area contributed by atoms with Crippen LogP contribution in [0.5, 0.6) is 0 Å². The zero-order chi connectivity index (χ0) is 28.4. The summed E-state index contributed by atoms with van der Waals surface area (Å²) in [6, 6.07) is 19.1. The predicted molar refractivity (Wildman–Crippen MR) is 147 cm³/mol. The molecule has 0 heterocycles. The van der Waals surface area contributed by atoms with Crippen LogP contribution in [0.25, 0.3) is 0 Å². The zero-order valence-corrected chi connectivity index (χ0v) is 22.7. The third-order valence-corrected chi connectivity index (χ3v) is 9.03. The molecule has 0 fully saturated rings. The average molecular weight is 606 g/mol. The summed E-state index contributed by atoms with van der Waals surface area (Å²) in [6.07, 6.45) is 0. The molecule has 0 saturated carbocycles. The van der Waals surface area contributed by atoms with Crippen molar-refractivity contribution < 1.29 is 26.6 Å². The van der Waals surface area contributed by atoms with Crippen molar-refractivity contribution in [3.8, 4) is 0 Å². The average Bonchev–Trinajstić information content (AvgIpc) is 2.90. The summed E-state index contributed by atoms with van der Waals surface area (Å²) in [7, 11) is -8.04. The molecule has 0 spiro atoms. The van der Waals surface area contributed by atoms with Crippen LogP contribution in [-0.4, -0.2) is 27.7 Å². The zero-order valence-electron chi connectivity index (χ0n) is 19.5. The number of sulfone groups is 1. The van der Waals surface area contributed by atoms with E-state index in [1.165, 1.54) is 66.7 Å². The molecule has 4 aromatic carbocycles. The van der Waals surface area contributed by atoms with Gasteiger partial charge in [0.1, 0.15) is 0 Å². The number of halogens is 2. The molecule has 0 aromatic heterocycles. The van der Waals surface area contributed by atoms with E-state index in [0.29, 0.717) is 5.02 Å². The molecule has 14 heteroatoms. The van der Waals surface area contributed by atoms with Gasteiger partial charge in [0.15, 0.2) is 0 Å². The van der Waals surface area contributed by atoms with Crippen molar-refractivity contribution in [2.24, 2.45) is 0 Å². The maximum absolute atomic E-state index is 13.0. The van der Waals surface area contributed by atoms with Crippen LogP contribution in [0.4, 0.5) is 17.1 Å². The number of sulfonamides is 1. The van der Waals surface area contributed by atoms with Gasteiger partial charge in [-0.05, 0) is 78.9 Å². The fourth-order valence-corrected chi connectivity index (χ4v) is 6.05. The second-order valence-electron chi connectivity index (χ2n) is 7.98. The van der Waals surface area contributed by atoms with Gasteiger partial charge in [0.2, 0.25) is 9.84 Å². The number of rotatable bonds is 8. The maximum atomic E-state index is 13.0. The summed E-state index contributed by atoms with van der Waals surface area (Å²) in [5, 5.41) is 13.9. The predicted octanol–water partition coefficient (Wildman–Crippen LogP) is 5.79. The van der Waals surface area contributed by atoms with E-state index < -0.39 is 30.7 Å². The Bertz CT molecular complexity index is 1780. The SMILES string of the molecule is O=C(Nc1ccc(S(=O)(=O)c2ccc([N+](=O)[O-])cc2)cc1)c1cc(Cl)ccc1NS(=O)(=O)c1ccc(Cl)cc1. The number of anilines is 2. The maximum Gasteiger partial charge on any atom is 0.269 e. The molecule has 0 radical (unpaired) electrons. The molecule has 4 aromatic rings. The minimum Gasteiger partial charge on any atom is -0.322 e. The normalized spacial score (nSPS) is 11.5. The lowest BCUT2D eigenvalue weighted by Crippen LogP contribution is -2.18. The van der Waals surface area contributed by atoms with E-state index in [9.17, 15) is 31.7 Å². The second kappa shape index (κ2) is 11.0. The van der Waals surface area contributed by atoms with Gasteiger partial charge in [-0.1, -0.05) is 23.2 Å². The number of amides is 1. The van der Waals surface area contributed by atoms with E-state index in [2.05, 4.69) is 10.0 Å². The number of benzene rings is 4. The number of non-ortho nitro benzene ring substituents is 1. The molecule has 0 aliphatic heterocycles. The van der Waals surface area contributed by atoms with Gasteiger partial charge in [0.25, 0.3) is 21.6 Å². The topological polar surface area (TPSA) is 153 Å². The third-order valence-electron chi connectivity index (χ3n) is 5.37. The third kappa shape index (κ3) is 6.37. The van der Waals surface area contributed by atoms with Crippen molar-refractivity contribution in [2.45, 2.75) is 14.7 Å². The van der Waals surface area contributed by atoms with Crippen molar-refractivity contribution in [1.29, 1.82) is 0 Å². The molecule has 0 aliphatic carbocycles. The fourth-order valence-electron chi connectivity index (χ4n) is 3.41. The number of hydrogen-bond acceptors (Lipinski definition) is 7. The standard InChI is InChI=1S/C25H17Cl2N3O7S2/c26-16-1-8-22(9-2-16)39(36,37)29-24-14-3-17(27)15-23(24)25(31)28-18-4-10-20(11-5-18)38(34,35)21-12-6-19(7-13-21)30(32)33/h1-15,29H,(H,28,31). The Labute approximate surface area is 233 Å². The van der Waals surface area contributed by atoms with Gasteiger partial charge in [-0.25, -0.2) is 16.8 Å². The lowest BCUT2D eigenvalue weighted by molar-refractivity contribution is -0.384. The van der Waals surface area contributed by atoms with Gasteiger partial charge in [0, 0.05) is 27.9 Å². The van der Waals surface area contributed by atoms with Crippen molar-refractivity contribution in [3.05, 3.63) is 117 Å². The van der Waals surface area contributed by atoms with Crippen molar-refractivity contribution in [2.75, 3.05) is 10.0 Å². The number of nitrogens with one attached hydrogen (secondary N) is 2. The van der Waals surface area contributed by atoms with Crippen LogP contribution in [0.15, 0.2) is 106 Å². The Morgan fingerprint density at radius 1 is 0.718 bits per heavy atom. The monoisotopic (exact) mass is 605 g/mol. The largest absolute Gasteiger partial charge is 0.322 e. The molecule has 0 unspecified atom stereocenters. The van der Waals surface area contributed by atoms with Gasteiger partial charge in [-0.3, -0.25) is 19.6 Å². The first kappa shape index (κ1) is 28.0. The highest BCUT2D eigenvalue weighted by atomic mass is 35.5. The van der Waals surface area contributed by atoms with E-state index in [1.807, 2.05) is 0 Å². The molecule has 4 rings (SSSR count). The van der Waals surface area contributed by atoms with E-state index in [-0.39, 0.29) is 42.3 Å². The van der Waals surface area contributed by atoms with E-state index in [4.69, 9.17) is 23.2 Å². The number of carbonyl (C=O) groups excluding carboxylic acids is 1. The molecular weight excluding hydrogens is 589 g/mol. The van der Waals surface area contributed by atoms with Crippen LogP contribution in [0, 0.1) is 10.1 Å². The lowest BCUT2D eigenvalue weighted by Gasteiger charge is -2.14. The first-order valence-electron chi connectivity index (χ1n) is 10.9. The molecule has 39 heavy (non-hydrogen) atoms. The van der Waals surface area contributed by atoms with Crippen LogP contribution >= 0.6 is 23.2 Å². The summed E-state index contributed by atoms with van der Waals surface area (Å²) in [5.74, 6) is -0.711. The van der Waals surface area contributed by atoms with Crippen LogP contribution < -0.4 is 10.0 Å². The molecule has 10 nitrogen and oxygen atoms in total. The number of nitro groups is 1. The molecule has 200 valence electrons. The van der Waals surface area contributed by atoms with Crippen molar-refractivity contribution in [1.82, 2.24) is 0 Å². The number of nitro benzene ring substituents is 1. The molecule has 0 saturated heterocycles. The highest BCUT2D eigenvalue weighted by Gasteiger charge is 2.21. The Kier molecular flexibility index (Phi) is 7.93. The van der Waals surface area contributed by atoms with Crippen LogP contribution in [0.2, 0.25) is 10.0 Å². The Morgan fingerprint density at radius 2 is 1.23 bits per heavy atom. The van der Waals surface area contributed by atoms with E-state index in [1.54, 1.807) is 0 Å². The smallest absolute Gasteiger partial charge is 0.269 e. The van der Waals surface area contributed by atoms with Gasteiger partial charge in [0.05, 0.1) is 30.9 Å². The van der Waals surface area contributed by atoms with E-state index in [0.717, 1.165) is 24.3 Å². The highest BCUT2D eigenvalue weighted by molar-refractivity contribution is 7.92. The molecule has 1 amide bonds. The molecule has 0 atom stereocenters. The minimum absolute atomic E-state index is 0.0378. The number of carbonyl (C=O) groups is 1. The first-order chi connectivity index (χ1) is 18.4. The van der Waals surface area contributed by atoms with Crippen LogP contribution in [0.3, 0.4) is 0 Å². The van der Waals surface area contributed by atoms with Crippen LogP contribution in [-0.2, 0) is 19.9 Å². The quantitative estimate of drug-likeness (QED) is 0.190. The minimum atomic E-state index is -4.06. The molecule has 0 aliphatic rings. The van der Waals surface area contributed by atoms with Crippen molar-refractivity contribution in [3.63, 3.8) is 0 Å². The van der Waals surface area contributed by atoms with Gasteiger partial charge < -0.3 is 5.32 Å².